The van der Waals surface area contributed by atoms with E-state index in [1.807, 2.05) is 39.0 Å². The average Bonchev–Trinajstić information content (AvgIpc) is 2.60. The second-order valence-electron chi connectivity index (χ2n) is 5.88. The minimum Gasteiger partial charge on any atom is -0.492 e. The lowest BCUT2D eigenvalue weighted by atomic mass is 10.1. The molecule has 0 aromatic heterocycles. The Hall–Kier alpha value is -2.56. The maximum atomic E-state index is 12.8. The molecule has 1 atom stereocenters. The van der Waals surface area contributed by atoms with Crippen molar-refractivity contribution in [1.29, 1.82) is 0 Å². The van der Waals surface area contributed by atoms with Crippen LogP contribution in [0.15, 0.2) is 42.5 Å². The number of ether oxygens (including phenoxy) is 2. The molecule has 25 heavy (non-hydrogen) atoms. The quantitative estimate of drug-likeness (QED) is 0.741. The third-order valence-electron chi connectivity index (χ3n) is 3.76. The second-order valence-corrected chi connectivity index (χ2v) is 5.88. The Morgan fingerprint density at radius 1 is 1.16 bits per heavy atom. The third kappa shape index (κ3) is 5.78. The Balaban J connectivity index is 1.81. The zero-order chi connectivity index (χ0) is 18.2. The number of amides is 1. The lowest BCUT2D eigenvalue weighted by Gasteiger charge is -2.19. The molecule has 0 aliphatic carbocycles. The van der Waals surface area contributed by atoms with Crippen molar-refractivity contribution < 1.29 is 18.7 Å². The Labute approximate surface area is 148 Å². The molecule has 0 saturated carbocycles. The maximum absolute atomic E-state index is 12.8. The van der Waals surface area contributed by atoms with Gasteiger partial charge >= 0.3 is 0 Å². The zero-order valence-corrected chi connectivity index (χ0v) is 14.8. The van der Waals surface area contributed by atoms with Gasteiger partial charge in [0.15, 0.2) is 6.10 Å². The van der Waals surface area contributed by atoms with Crippen LogP contribution >= 0.6 is 0 Å². The van der Waals surface area contributed by atoms with Gasteiger partial charge in [0.25, 0.3) is 5.91 Å². The summed E-state index contributed by atoms with van der Waals surface area (Å²) in [5, 5.41) is 2.81. The van der Waals surface area contributed by atoms with Gasteiger partial charge in [-0.2, -0.15) is 0 Å². The first-order valence-corrected chi connectivity index (χ1v) is 8.39. The van der Waals surface area contributed by atoms with Gasteiger partial charge in [0, 0.05) is 0 Å². The molecule has 0 bridgehead atoms. The summed E-state index contributed by atoms with van der Waals surface area (Å²) in [4.78, 5) is 12.3. The van der Waals surface area contributed by atoms with Crippen LogP contribution in [0, 0.1) is 19.7 Å². The second kappa shape index (κ2) is 9.06. The van der Waals surface area contributed by atoms with Crippen molar-refractivity contribution in [3.8, 4) is 11.5 Å². The summed E-state index contributed by atoms with van der Waals surface area (Å²) in [6.07, 6.45) is 0.0178. The number of hydrogen-bond donors (Lipinski definition) is 1. The Kier molecular flexibility index (Phi) is 6.81. The number of halogens is 1. The van der Waals surface area contributed by atoms with E-state index in [4.69, 9.17) is 9.47 Å². The summed E-state index contributed by atoms with van der Waals surface area (Å²) in [5.74, 6) is 0.806. The molecular weight excluding hydrogens is 321 g/mol. The van der Waals surface area contributed by atoms with Gasteiger partial charge in [-0.1, -0.05) is 19.1 Å². The summed E-state index contributed by atoms with van der Waals surface area (Å²) in [7, 11) is 0. The molecule has 1 unspecified atom stereocenters. The van der Waals surface area contributed by atoms with Gasteiger partial charge in [0.2, 0.25) is 0 Å². The van der Waals surface area contributed by atoms with E-state index in [-0.39, 0.29) is 11.7 Å². The van der Waals surface area contributed by atoms with Gasteiger partial charge in [-0.25, -0.2) is 4.39 Å². The van der Waals surface area contributed by atoms with Crippen LogP contribution in [0.4, 0.5) is 4.39 Å². The molecule has 2 aromatic rings. The standard InChI is InChI=1S/C20H24FNO3/c1-4-18(25-19-13-14(2)5-6-15(19)3)20(23)22-11-12-24-17-9-7-16(21)8-10-17/h5-10,13,18H,4,11-12H2,1-3H3,(H,22,23). The SMILES string of the molecule is CCC(Oc1cc(C)ccc1C)C(=O)NCCOc1ccc(F)cc1. The lowest BCUT2D eigenvalue weighted by Crippen LogP contribution is -2.39. The van der Waals surface area contributed by atoms with E-state index in [9.17, 15) is 9.18 Å². The molecule has 0 saturated heterocycles. The molecule has 1 amide bonds. The molecule has 0 aliphatic heterocycles. The van der Waals surface area contributed by atoms with Crippen molar-refractivity contribution in [2.45, 2.75) is 33.3 Å². The molecule has 1 N–H and O–H groups in total. The molecule has 4 nitrogen and oxygen atoms in total. The monoisotopic (exact) mass is 345 g/mol. The largest absolute Gasteiger partial charge is 0.492 e. The summed E-state index contributed by atoms with van der Waals surface area (Å²) < 4.78 is 24.1. The zero-order valence-electron chi connectivity index (χ0n) is 14.8. The Morgan fingerprint density at radius 3 is 2.56 bits per heavy atom. The van der Waals surface area contributed by atoms with Crippen LogP contribution in [-0.4, -0.2) is 25.2 Å². The van der Waals surface area contributed by atoms with E-state index in [0.29, 0.717) is 25.3 Å². The number of carbonyl (C=O) groups excluding carboxylic acids is 1. The molecule has 5 heteroatoms. The van der Waals surface area contributed by atoms with Crippen LogP contribution in [0.25, 0.3) is 0 Å². The van der Waals surface area contributed by atoms with E-state index in [1.54, 1.807) is 12.1 Å². The fraction of sp³-hybridized carbons (Fsp3) is 0.350. The van der Waals surface area contributed by atoms with Crippen molar-refractivity contribution in [1.82, 2.24) is 5.32 Å². The van der Waals surface area contributed by atoms with Crippen LogP contribution in [0.2, 0.25) is 0 Å². The number of hydrogen-bond acceptors (Lipinski definition) is 3. The molecule has 134 valence electrons. The van der Waals surface area contributed by atoms with Crippen molar-refractivity contribution in [2.75, 3.05) is 13.2 Å². The smallest absolute Gasteiger partial charge is 0.261 e. The summed E-state index contributed by atoms with van der Waals surface area (Å²) in [6.45, 7) is 6.50. The van der Waals surface area contributed by atoms with Gasteiger partial charge in [-0.3, -0.25) is 4.79 Å². The van der Waals surface area contributed by atoms with Crippen LogP contribution in [-0.2, 0) is 4.79 Å². The highest BCUT2D eigenvalue weighted by Gasteiger charge is 2.18. The van der Waals surface area contributed by atoms with E-state index in [2.05, 4.69) is 5.32 Å². The molecular formula is C20H24FNO3. The Morgan fingerprint density at radius 2 is 1.88 bits per heavy atom. The molecule has 0 fully saturated rings. The Bertz CT molecular complexity index is 701. The first-order chi connectivity index (χ1) is 12.0. The maximum Gasteiger partial charge on any atom is 0.261 e. The van der Waals surface area contributed by atoms with Crippen molar-refractivity contribution in [2.24, 2.45) is 0 Å². The molecule has 2 aromatic carbocycles. The highest BCUT2D eigenvalue weighted by atomic mass is 19.1. The number of carbonyl (C=O) groups is 1. The first-order valence-electron chi connectivity index (χ1n) is 8.39. The highest BCUT2D eigenvalue weighted by Crippen LogP contribution is 2.21. The van der Waals surface area contributed by atoms with Crippen molar-refractivity contribution in [3.05, 3.63) is 59.4 Å². The summed E-state index contributed by atoms with van der Waals surface area (Å²) >= 11 is 0. The predicted octanol–water partition coefficient (Wildman–Crippen LogP) is 3.80. The normalized spacial score (nSPS) is 11.7. The summed E-state index contributed by atoms with van der Waals surface area (Å²) in [6, 6.07) is 11.7. The van der Waals surface area contributed by atoms with Gasteiger partial charge in [0.1, 0.15) is 23.9 Å². The van der Waals surface area contributed by atoms with Crippen LogP contribution in [0.1, 0.15) is 24.5 Å². The van der Waals surface area contributed by atoms with Gasteiger partial charge in [-0.15, -0.1) is 0 Å². The number of benzene rings is 2. The molecule has 2 rings (SSSR count). The van der Waals surface area contributed by atoms with Crippen molar-refractivity contribution >= 4 is 5.91 Å². The predicted molar refractivity (Wildman–Crippen MR) is 95.5 cm³/mol. The van der Waals surface area contributed by atoms with Gasteiger partial charge in [-0.05, 0) is 61.7 Å². The number of nitrogens with one attached hydrogen (secondary N) is 1. The first kappa shape index (κ1) is 18.8. The minimum atomic E-state index is -0.550. The molecule has 0 heterocycles. The van der Waals surface area contributed by atoms with Crippen LogP contribution in [0.5, 0.6) is 11.5 Å². The van der Waals surface area contributed by atoms with Gasteiger partial charge in [0.05, 0.1) is 6.54 Å². The van der Waals surface area contributed by atoms with Gasteiger partial charge < -0.3 is 14.8 Å². The van der Waals surface area contributed by atoms with Crippen LogP contribution < -0.4 is 14.8 Å². The molecule has 0 aliphatic rings. The fourth-order valence-corrected chi connectivity index (χ4v) is 2.30. The topological polar surface area (TPSA) is 47.6 Å². The lowest BCUT2D eigenvalue weighted by molar-refractivity contribution is -0.128. The molecule has 0 spiro atoms. The fourth-order valence-electron chi connectivity index (χ4n) is 2.30. The van der Waals surface area contributed by atoms with Crippen molar-refractivity contribution in [3.63, 3.8) is 0 Å². The third-order valence-corrected chi connectivity index (χ3v) is 3.76. The van der Waals surface area contributed by atoms with E-state index in [1.165, 1.54) is 12.1 Å². The van der Waals surface area contributed by atoms with E-state index >= 15 is 0 Å². The average molecular weight is 345 g/mol. The van der Waals surface area contributed by atoms with Crippen LogP contribution in [0.3, 0.4) is 0 Å². The van der Waals surface area contributed by atoms with E-state index < -0.39 is 6.10 Å². The summed E-state index contributed by atoms with van der Waals surface area (Å²) in [5.41, 5.74) is 2.08. The number of rotatable bonds is 8. The molecule has 0 radical (unpaired) electrons. The minimum absolute atomic E-state index is 0.175. The number of aryl methyl sites for hydroxylation is 2. The highest BCUT2D eigenvalue weighted by molar-refractivity contribution is 5.81. The van der Waals surface area contributed by atoms with E-state index in [0.717, 1.165) is 16.9 Å².